The van der Waals surface area contributed by atoms with Crippen molar-refractivity contribution in [2.75, 3.05) is 5.32 Å². The summed E-state index contributed by atoms with van der Waals surface area (Å²) < 4.78 is 0. The number of nitro groups is 1. The number of nitro benzene ring substituents is 1. The molecule has 1 heterocycles. The van der Waals surface area contributed by atoms with E-state index in [4.69, 9.17) is 0 Å². The van der Waals surface area contributed by atoms with Crippen LogP contribution in [-0.4, -0.2) is 4.92 Å². The summed E-state index contributed by atoms with van der Waals surface area (Å²) in [5.74, 6) is 0.888. The number of rotatable bonds is 3. The molecule has 0 amide bonds. The Hall–Kier alpha value is -2.62. The first-order chi connectivity index (χ1) is 11.7. The zero-order valence-electron chi connectivity index (χ0n) is 13.6. The van der Waals surface area contributed by atoms with Gasteiger partial charge in [0, 0.05) is 23.7 Å². The van der Waals surface area contributed by atoms with E-state index in [1.54, 1.807) is 12.1 Å². The zero-order valence-corrected chi connectivity index (χ0v) is 13.6. The Morgan fingerprint density at radius 3 is 2.71 bits per heavy atom. The Morgan fingerprint density at radius 2 is 2.00 bits per heavy atom. The standard InChI is InChI=1S/C20H20N2O2/c1-2-13-6-11-19-18(12-13)16-4-3-5-17(16)20(21-19)14-7-9-15(10-8-14)22(23)24/h3-4,6-12,16-17,20-21H,2,5H2,1H3/t16-,17-,20-/m0/s1. The highest BCUT2D eigenvalue weighted by atomic mass is 16.6. The van der Waals surface area contributed by atoms with Crippen LogP contribution < -0.4 is 5.32 Å². The fourth-order valence-electron chi connectivity index (χ4n) is 4.00. The normalized spacial score (nSPS) is 24.1. The van der Waals surface area contributed by atoms with Gasteiger partial charge in [-0.3, -0.25) is 10.1 Å². The van der Waals surface area contributed by atoms with Gasteiger partial charge in [0.15, 0.2) is 0 Å². The van der Waals surface area contributed by atoms with Crippen LogP contribution in [0.25, 0.3) is 0 Å². The number of non-ortho nitro benzene ring substituents is 1. The van der Waals surface area contributed by atoms with Crippen LogP contribution in [-0.2, 0) is 6.42 Å². The topological polar surface area (TPSA) is 55.2 Å². The van der Waals surface area contributed by atoms with Crippen molar-refractivity contribution in [3.8, 4) is 0 Å². The van der Waals surface area contributed by atoms with E-state index in [1.165, 1.54) is 16.8 Å². The SMILES string of the molecule is CCc1ccc2c(c1)[C@H]1C=CC[C@@H]1[C@H](c1ccc([N+](=O)[O-])cc1)N2. The summed E-state index contributed by atoms with van der Waals surface area (Å²) in [6.45, 7) is 2.18. The van der Waals surface area contributed by atoms with Gasteiger partial charge >= 0.3 is 0 Å². The van der Waals surface area contributed by atoms with E-state index in [9.17, 15) is 10.1 Å². The fraction of sp³-hybridized carbons (Fsp3) is 0.300. The number of hydrogen-bond donors (Lipinski definition) is 1. The maximum absolute atomic E-state index is 10.9. The summed E-state index contributed by atoms with van der Waals surface area (Å²) in [6, 6.07) is 13.8. The van der Waals surface area contributed by atoms with Gasteiger partial charge in [0.1, 0.15) is 0 Å². The first kappa shape index (κ1) is 14.9. The molecule has 1 aliphatic carbocycles. The summed E-state index contributed by atoms with van der Waals surface area (Å²) in [4.78, 5) is 10.5. The number of fused-ring (bicyclic) bond motifs is 3. The molecule has 3 atom stereocenters. The third-order valence-electron chi connectivity index (χ3n) is 5.30. The van der Waals surface area contributed by atoms with Crippen molar-refractivity contribution in [1.82, 2.24) is 0 Å². The molecule has 0 saturated carbocycles. The van der Waals surface area contributed by atoms with Gasteiger partial charge in [-0.05, 0) is 41.5 Å². The van der Waals surface area contributed by atoms with E-state index in [2.05, 4.69) is 42.6 Å². The minimum Gasteiger partial charge on any atom is -0.378 e. The molecule has 2 aromatic carbocycles. The Labute approximate surface area is 141 Å². The van der Waals surface area contributed by atoms with Gasteiger partial charge in [0.05, 0.1) is 11.0 Å². The lowest BCUT2D eigenvalue weighted by molar-refractivity contribution is -0.384. The van der Waals surface area contributed by atoms with Crippen molar-refractivity contribution in [2.45, 2.75) is 31.7 Å². The summed E-state index contributed by atoms with van der Waals surface area (Å²) in [7, 11) is 0. The van der Waals surface area contributed by atoms with E-state index in [-0.39, 0.29) is 16.7 Å². The molecule has 0 aromatic heterocycles. The van der Waals surface area contributed by atoms with Crippen LogP contribution in [0.2, 0.25) is 0 Å². The van der Waals surface area contributed by atoms with E-state index >= 15 is 0 Å². The number of anilines is 1. The molecule has 122 valence electrons. The van der Waals surface area contributed by atoms with Crippen molar-refractivity contribution in [1.29, 1.82) is 0 Å². The van der Waals surface area contributed by atoms with Gasteiger partial charge in [-0.1, -0.05) is 43.3 Å². The lowest BCUT2D eigenvalue weighted by Gasteiger charge is -2.37. The van der Waals surface area contributed by atoms with E-state index in [0.29, 0.717) is 11.8 Å². The van der Waals surface area contributed by atoms with Crippen LogP contribution in [0.3, 0.4) is 0 Å². The van der Waals surface area contributed by atoms with E-state index in [0.717, 1.165) is 18.4 Å². The Morgan fingerprint density at radius 1 is 1.21 bits per heavy atom. The number of allylic oxidation sites excluding steroid dienone is 2. The molecular formula is C20H20N2O2. The smallest absolute Gasteiger partial charge is 0.269 e. The van der Waals surface area contributed by atoms with Gasteiger partial charge in [0.25, 0.3) is 5.69 Å². The van der Waals surface area contributed by atoms with Crippen molar-refractivity contribution in [3.63, 3.8) is 0 Å². The molecule has 24 heavy (non-hydrogen) atoms. The molecule has 0 radical (unpaired) electrons. The van der Waals surface area contributed by atoms with Crippen molar-refractivity contribution in [2.24, 2.45) is 5.92 Å². The highest BCUT2D eigenvalue weighted by molar-refractivity contribution is 5.61. The maximum Gasteiger partial charge on any atom is 0.269 e. The summed E-state index contributed by atoms with van der Waals surface area (Å²) in [5.41, 5.74) is 5.19. The molecule has 2 aliphatic rings. The summed E-state index contributed by atoms with van der Waals surface area (Å²) in [6.07, 6.45) is 6.67. The Bertz CT molecular complexity index is 811. The van der Waals surface area contributed by atoms with Gasteiger partial charge in [-0.15, -0.1) is 0 Å². The van der Waals surface area contributed by atoms with Gasteiger partial charge in [0.2, 0.25) is 0 Å². The van der Waals surface area contributed by atoms with E-state index in [1.807, 2.05) is 12.1 Å². The third kappa shape index (κ3) is 2.39. The van der Waals surface area contributed by atoms with Crippen LogP contribution in [0.15, 0.2) is 54.6 Å². The second-order valence-corrected chi connectivity index (χ2v) is 6.60. The first-order valence-corrected chi connectivity index (χ1v) is 8.47. The number of nitrogens with zero attached hydrogens (tertiary/aromatic N) is 1. The van der Waals surface area contributed by atoms with Crippen LogP contribution in [0, 0.1) is 16.0 Å². The highest BCUT2D eigenvalue weighted by Gasteiger charge is 2.37. The number of nitrogens with one attached hydrogen (secondary N) is 1. The average molecular weight is 320 g/mol. The van der Waals surface area contributed by atoms with Crippen molar-refractivity contribution in [3.05, 3.63) is 81.4 Å². The monoisotopic (exact) mass is 320 g/mol. The van der Waals surface area contributed by atoms with Crippen LogP contribution in [0.5, 0.6) is 0 Å². The van der Waals surface area contributed by atoms with Gasteiger partial charge in [-0.25, -0.2) is 0 Å². The van der Waals surface area contributed by atoms with E-state index < -0.39 is 0 Å². The molecule has 0 spiro atoms. The molecule has 0 fully saturated rings. The number of benzene rings is 2. The minimum atomic E-state index is -0.348. The largest absolute Gasteiger partial charge is 0.378 e. The van der Waals surface area contributed by atoms with Crippen LogP contribution in [0.4, 0.5) is 11.4 Å². The lowest BCUT2D eigenvalue weighted by atomic mass is 9.76. The molecule has 2 aromatic rings. The predicted octanol–water partition coefficient (Wildman–Crippen LogP) is 4.98. The third-order valence-corrected chi connectivity index (χ3v) is 5.30. The molecule has 1 aliphatic heterocycles. The quantitative estimate of drug-likeness (QED) is 0.493. The molecule has 0 saturated heterocycles. The molecule has 1 N–H and O–H groups in total. The molecular weight excluding hydrogens is 300 g/mol. The number of hydrogen-bond acceptors (Lipinski definition) is 3. The van der Waals surface area contributed by atoms with Gasteiger partial charge in [-0.2, -0.15) is 0 Å². The van der Waals surface area contributed by atoms with Crippen LogP contribution >= 0.6 is 0 Å². The average Bonchev–Trinajstić information content (AvgIpc) is 3.10. The lowest BCUT2D eigenvalue weighted by Crippen LogP contribution is -2.29. The summed E-state index contributed by atoms with van der Waals surface area (Å²) >= 11 is 0. The number of aryl methyl sites for hydroxylation is 1. The Balaban J connectivity index is 1.71. The van der Waals surface area contributed by atoms with Crippen molar-refractivity contribution >= 4 is 11.4 Å². The predicted molar refractivity (Wildman–Crippen MR) is 95.3 cm³/mol. The molecule has 0 bridgehead atoms. The Kier molecular flexibility index (Phi) is 3.60. The first-order valence-electron chi connectivity index (χ1n) is 8.47. The second kappa shape index (κ2) is 5.78. The fourth-order valence-corrected chi connectivity index (χ4v) is 4.00. The maximum atomic E-state index is 10.9. The van der Waals surface area contributed by atoms with Crippen LogP contribution in [0.1, 0.15) is 42.0 Å². The summed E-state index contributed by atoms with van der Waals surface area (Å²) in [5, 5.41) is 14.5. The molecule has 4 heteroatoms. The molecule has 4 rings (SSSR count). The molecule has 0 unspecified atom stereocenters. The zero-order chi connectivity index (χ0) is 16.7. The second-order valence-electron chi connectivity index (χ2n) is 6.60. The van der Waals surface area contributed by atoms with Crippen molar-refractivity contribution < 1.29 is 4.92 Å². The minimum absolute atomic E-state index is 0.142. The highest BCUT2D eigenvalue weighted by Crippen LogP contribution is 2.50. The molecule has 4 nitrogen and oxygen atoms in total. The van der Waals surface area contributed by atoms with Gasteiger partial charge < -0.3 is 5.32 Å².